The van der Waals surface area contributed by atoms with Crippen molar-refractivity contribution < 1.29 is 18.7 Å². The van der Waals surface area contributed by atoms with E-state index in [4.69, 9.17) is 9.15 Å². The number of hydrogen-bond acceptors (Lipinski definition) is 4. The van der Waals surface area contributed by atoms with Gasteiger partial charge in [-0.1, -0.05) is 36.8 Å². The van der Waals surface area contributed by atoms with Crippen molar-refractivity contribution in [3.63, 3.8) is 0 Å². The Morgan fingerprint density at radius 1 is 1.03 bits per heavy atom. The average Bonchev–Trinajstić information content (AvgIpc) is 3.34. The summed E-state index contributed by atoms with van der Waals surface area (Å²) in [7, 11) is 0. The summed E-state index contributed by atoms with van der Waals surface area (Å²) in [6.45, 7) is 6.25. The summed E-state index contributed by atoms with van der Waals surface area (Å²) in [5.74, 6) is 1.20. The van der Waals surface area contributed by atoms with Crippen molar-refractivity contribution in [2.45, 2.75) is 39.2 Å². The molecule has 5 rings (SSSR count). The number of nitrogens with zero attached hydrogens (tertiary/aromatic N) is 2. The third kappa shape index (κ3) is 3.88. The molecular formula is C27H30N2O4. The van der Waals surface area contributed by atoms with E-state index in [9.17, 15) is 9.59 Å². The van der Waals surface area contributed by atoms with Crippen LogP contribution in [0.3, 0.4) is 0 Å². The minimum absolute atomic E-state index is 0.00307. The molecule has 33 heavy (non-hydrogen) atoms. The number of hydrogen-bond donors (Lipinski definition) is 0. The maximum atomic E-state index is 13.6. The lowest BCUT2D eigenvalue weighted by Gasteiger charge is -2.30. The monoisotopic (exact) mass is 446 g/mol. The van der Waals surface area contributed by atoms with E-state index < -0.39 is 0 Å². The van der Waals surface area contributed by atoms with Gasteiger partial charge in [0.25, 0.3) is 11.8 Å². The number of rotatable bonds is 4. The second-order valence-corrected chi connectivity index (χ2v) is 9.01. The number of ether oxygens (including phenoxy) is 1. The predicted molar refractivity (Wildman–Crippen MR) is 127 cm³/mol. The topological polar surface area (TPSA) is 63.0 Å². The van der Waals surface area contributed by atoms with Gasteiger partial charge in [-0.05, 0) is 50.8 Å². The number of amides is 2. The van der Waals surface area contributed by atoms with E-state index in [0.29, 0.717) is 43.3 Å². The van der Waals surface area contributed by atoms with E-state index in [1.54, 1.807) is 0 Å². The molecule has 2 aliphatic rings. The Morgan fingerprint density at radius 3 is 2.64 bits per heavy atom. The quantitative estimate of drug-likeness (QED) is 0.571. The third-order valence-corrected chi connectivity index (χ3v) is 7.03. The highest BCUT2D eigenvalue weighted by atomic mass is 16.5. The molecule has 0 unspecified atom stereocenters. The van der Waals surface area contributed by atoms with Gasteiger partial charge in [0, 0.05) is 30.6 Å². The Bertz CT molecular complexity index is 1180. The average molecular weight is 447 g/mol. The molecule has 2 aromatic carbocycles. The molecule has 2 atom stereocenters. The van der Waals surface area contributed by atoms with Gasteiger partial charge in [0.1, 0.15) is 11.3 Å². The lowest BCUT2D eigenvalue weighted by molar-refractivity contribution is 0.0637. The Kier molecular flexibility index (Phi) is 5.83. The van der Waals surface area contributed by atoms with Crippen LogP contribution in [-0.2, 0) is 0 Å². The second-order valence-electron chi connectivity index (χ2n) is 9.01. The SMILES string of the molecule is CCOc1ccccc1C(=O)N1CCCC[C@H]2CN(C(=O)c3oc4ccccc4c3C)C[C@H]21. The zero-order chi connectivity index (χ0) is 22.9. The minimum atomic E-state index is -0.0844. The number of carbonyl (C=O) groups is 2. The van der Waals surface area contributed by atoms with Crippen molar-refractivity contribution in [3.05, 3.63) is 65.4 Å². The van der Waals surface area contributed by atoms with Crippen molar-refractivity contribution in [2.24, 2.45) is 5.92 Å². The molecule has 6 nitrogen and oxygen atoms in total. The van der Waals surface area contributed by atoms with E-state index in [-0.39, 0.29) is 23.8 Å². The molecule has 2 aliphatic heterocycles. The molecule has 0 N–H and O–H groups in total. The van der Waals surface area contributed by atoms with Crippen LogP contribution in [0.25, 0.3) is 11.0 Å². The van der Waals surface area contributed by atoms with E-state index >= 15 is 0 Å². The minimum Gasteiger partial charge on any atom is -0.493 e. The number of para-hydroxylation sites is 2. The fourth-order valence-electron chi connectivity index (χ4n) is 5.36. The maximum absolute atomic E-state index is 13.6. The maximum Gasteiger partial charge on any atom is 0.289 e. The van der Waals surface area contributed by atoms with Crippen molar-refractivity contribution in [1.29, 1.82) is 0 Å². The van der Waals surface area contributed by atoms with Gasteiger partial charge in [0.15, 0.2) is 5.76 Å². The van der Waals surface area contributed by atoms with Crippen molar-refractivity contribution in [3.8, 4) is 5.75 Å². The first-order valence-electron chi connectivity index (χ1n) is 11.9. The number of benzene rings is 2. The Hall–Kier alpha value is -3.28. The molecule has 2 fully saturated rings. The normalized spacial score (nSPS) is 20.5. The fraction of sp³-hybridized carbons (Fsp3) is 0.407. The first-order chi connectivity index (χ1) is 16.1. The standard InChI is InChI=1S/C27H30N2O4/c1-3-32-23-13-6-5-12-21(23)26(30)29-15-9-8-10-19-16-28(17-22(19)29)27(31)25-18(2)20-11-4-7-14-24(20)33-25/h4-7,11-14,19,22H,3,8-10,15-17H2,1-2H3/t19-,22+/m0/s1. The van der Waals surface area contributed by atoms with Crippen molar-refractivity contribution in [2.75, 3.05) is 26.2 Å². The third-order valence-electron chi connectivity index (χ3n) is 7.03. The van der Waals surface area contributed by atoms with Crippen LogP contribution in [0.2, 0.25) is 0 Å². The smallest absolute Gasteiger partial charge is 0.289 e. The van der Waals surface area contributed by atoms with Gasteiger partial charge < -0.3 is 19.0 Å². The summed E-state index contributed by atoms with van der Waals surface area (Å²) in [6, 6.07) is 15.2. The molecule has 0 radical (unpaired) electrons. The summed E-state index contributed by atoms with van der Waals surface area (Å²) < 4.78 is 11.7. The molecule has 2 saturated heterocycles. The van der Waals surface area contributed by atoms with Gasteiger partial charge in [-0.15, -0.1) is 0 Å². The summed E-state index contributed by atoms with van der Waals surface area (Å²) in [4.78, 5) is 30.9. The first-order valence-corrected chi connectivity index (χ1v) is 11.9. The van der Waals surface area contributed by atoms with Crippen LogP contribution in [0.5, 0.6) is 5.75 Å². The number of furan rings is 1. The van der Waals surface area contributed by atoms with Gasteiger partial charge in [-0.2, -0.15) is 0 Å². The summed E-state index contributed by atoms with van der Waals surface area (Å²) in [6.07, 6.45) is 3.06. The Labute approximate surface area is 194 Å². The summed E-state index contributed by atoms with van der Waals surface area (Å²) in [5.41, 5.74) is 2.20. The highest BCUT2D eigenvalue weighted by Crippen LogP contribution is 2.34. The Balaban J connectivity index is 1.41. The van der Waals surface area contributed by atoms with Crippen LogP contribution in [0, 0.1) is 12.8 Å². The van der Waals surface area contributed by atoms with Crippen LogP contribution in [0.4, 0.5) is 0 Å². The van der Waals surface area contributed by atoms with Crippen molar-refractivity contribution >= 4 is 22.8 Å². The molecule has 3 heterocycles. The molecule has 0 spiro atoms. The number of carbonyl (C=O) groups excluding carboxylic acids is 2. The summed E-state index contributed by atoms with van der Waals surface area (Å²) >= 11 is 0. The van der Waals surface area contributed by atoms with Gasteiger partial charge in [0.2, 0.25) is 0 Å². The zero-order valence-electron chi connectivity index (χ0n) is 19.3. The molecule has 0 saturated carbocycles. The number of fused-ring (bicyclic) bond motifs is 2. The van der Waals surface area contributed by atoms with Gasteiger partial charge in [-0.3, -0.25) is 9.59 Å². The van der Waals surface area contributed by atoms with Crippen LogP contribution in [0.1, 0.15) is 52.7 Å². The first kappa shape index (κ1) is 21.6. The van der Waals surface area contributed by atoms with E-state index in [1.165, 1.54) is 0 Å². The van der Waals surface area contributed by atoms with Crippen molar-refractivity contribution in [1.82, 2.24) is 9.80 Å². The van der Waals surface area contributed by atoms with Crippen LogP contribution >= 0.6 is 0 Å². The highest BCUT2D eigenvalue weighted by molar-refractivity contribution is 5.99. The number of aryl methyl sites for hydroxylation is 1. The Morgan fingerprint density at radius 2 is 1.82 bits per heavy atom. The molecule has 0 bridgehead atoms. The molecule has 2 amide bonds. The molecule has 172 valence electrons. The molecule has 3 aromatic rings. The largest absolute Gasteiger partial charge is 0.493 e. The lowest BCUT2D eigenvalue weighted by Crippen LogP contribution is -2.44. The van der Waals surface area contributed by atoms with Crippen LogP contribution < -0.4 is 4.74 Å². The van der Waals surface area contributed by atoms with Gasteiger partial charge >= 0.3 is 0 Å². The number of likely N-dealkylation sites (tertiary alicyclic amines) is 2. The highest BCUT2D eigenvalue weighted by Gasteiger charge is 2.43. The van der Waals surface area contributed by atoms with Crippen LogP contribution in [0.15, 0.2) is 52.9 Å². The van der Waals surface area contributed by atoms with Gasteiger partial charge in [-0.25, -0.2) is 0 Å². The zero-order valence-corrected chi connectivity index (χ0v) is 19.3. The van der Waals surface area contributed by atoms with E-state index in [1.807, 2.05) is 72.2 Å². The summed E-state index contributed by atoms with van der Waals surface area (Å²) in [5, 5.41) is 0.971. The second kappa shape index (κ2) is 8.93. The van der Waals surface area contributed by atoms with Gasteiger partial charge in [0.05, 0.1) is 18.2 Å². The predicted octanol–water partition coefficient (Wildman–Crippen LogP) is 4.91. The molecule has 6 heteroatoms. The molecule has 0 aliphatic carbocycles. The fourth-order valence-corrected chi connectivity index (χ4v) is 5.36. The van der Waals surface area contributed by atoms with E-state index in [0.717, 1.165) is 35.8 Å². The lowest BCUT2D eigenvalue weighted by atomic mass is 9.98. The molecular weight excluding hydrogens is 416 g/mol. The molecule has 1 aromatic heterocycles. The van der Waals surface area contributed by atoms with Crippen LogP contribution in [-0.4, -0.2) is 53.9 Å². The van der Waals surface area contributed by atoms with E-state index in [2.05, 4.69) is 0 Å².